The van der Waals surface area contributed by atoms with Crippen LogP contribution in [0, 0.1) is 12.7 Å². The van der Waals surface area contributed by atoms with Gasteiger partial charge in [-0.15, -0.1) is 0 Å². The average Bonchev–Trinajstić information content (AvgIpc) is 3.28. The minimum absolute atomic E-state index is 0.159. The molecule has 0 aliphatic heterocycles. The molecule has 1 amide bonds. The van der Waals surface area contributed by atoms with Gasteiger partial charge in [0.25, 0.3) is 5.91 Å². The second-order valence-electron chi connectivity index (χ2n) is 7.21. The van der Waals surface area contributed by atoms with Gasteiger partial charge in [-0.1, -0.05) is 54.6 Å². The van der Waals surface area contributed by atoms with Crippen LogP contribution in [0.15, 0.2) is 85.2 Å². The van der Waals surface area contributed by atoms with Crippen molar-refractivity contribution in [2.75, 3.05) is 0 Å². The van der Waals surface area contributed by atoms with Crippen molar-refractivity contribution < 1.29 is 9.18 Å². The molecule has 0 atom stereocenters. The summed E-state index contributed by atoms with van der Waals surface area (Å²) in [5.74, 6) is -0.403. The molecular formula is C25H22FN3O. The first-order chi connectivity index (χ1) is 14.6. The molecule has 0 spiro atoms. The summed E-state index contributed by atoms with van der Waals surface area (Å²) in [6, 6.07) is 22.4. The quantitative estimate of drug-likeness (QED) is 0.497. The lowest BCUT2D eigenvalue weighted by Crippen LogP contribution is -2.23. The highest BCUT2D eigenvalue weighted by Crippen LogP contribution is 2.24. The number of benzene rings is 3. The summed E-state index contributed by atoms with van der Waals surface area (Å²) in [6.45, 7) is 2.76. The molecule has 0 fully saturated rings. The molecule has 1 aromatic heterocycles. The normalized spacial score (nSPS) is 10.7. The van der Waals surface area contributed by atoms with Gasteiger partial charge >= 0.3 is 0 Å². The largest absolute Gasteiger partial charge is 0.348 e. The minimum atomic E-state index is -0.244. The molecule has 4 rings (SSSR count). The van der Waals surface area contributed by atoms with Crippen molar-refractivity contribution in [3.8, 4) is 11.1 Å². The Labute approximate surface area is 175 Å². The van der Waals surface area contributed by atoms with Crippen LogP contribution in [0.1, 0.15) is 27.0 Å². The fourth-order valence-electron chi connectivity index (χ4n) is 3.40. The van der Waals surface area contributed by atoms with Gasteiger partial charge in [0, 0.05) is 24.5 Å². The first kappa shape index (κ1) is 19.6. The molecule has 1 N–H and O–H groups in total. The summed E-state index contributed by atoms with van der Waals surface area (Å²) in [6.07, 6.45) is 3.69. The Kier molecular flexibility index (Phi) is 5.70. The zero-order valence-electron chi connectivity index (χ0n) is 16.7. The molecule has 0 unspecified atom stereocenters. The van der Waals surface area contributed by atoms with Gasteiger partial charge in [-0.3, -0.25) is 9.48 Å². The van der Waals surface area contributed by atoms with Crippen molar-refractivity contribution in [3.63, 3.8) is 0 Å². The van der Waals surface area contributed by atoms with E-state index in [2.05, 4.69) is 10.4 Å². The number of aromatic nitrogens is 2. The summed E-state index contributed by atoms with van der Waals surface area (Å²) in [7, 11) is 0. The molecular weight excluding hydrogens is 377 g/mol. The Bertz CT molecular complexity index is 1150. The monoisotopic (exact) mass is 399 g/mol. The molecule has 0 aliphatic rings. The summed E-state index contributed by atoms with van der Waals surface area (Å²) < 4.78 is 15.3. The highest BCUT2D eigenvalue weighted by molar-refractivity contribution is 6.00. The maximum Gasteiger partial charge on any atom is 0.252 e. The van der Waals surface area contributed by atoms with Gasteiger partial charge in [0.1, 0.15) is 5.82 Å². The lowest BCUT2D eigenvalue weighted by molar-refractivity contribution is 0.0951. The molecule has 0 saturated heterocycles. The van der Waals surface area contributed by atoms with Crippen LogP contribution in [0.2, 0.25) is 0 Å². The van der Waals surface area contributed by atoms with E-state index in [9.17, 15) is 9.18 Å². The maximum atomic E-state index is 13.4. The SMILES string of the molecule is Cc1cc(CNC(=O)c2ccccc2-c2ccc(Cn3cccn3)cc2)ccc1F. The Balaban J connectivity index is 1.50. The van der Waals surface area contributed by atoms with E-state index in [1.54, 1.807) is 25.3 Å². The Hall–Kier alpha value is -3.73. The summed E-state index contributed by atoms with van der Waals surface area (Å²) in [5, 5.41) is 7.17. The second kappa shape index (κ2) is 8.74. The topological polar surface area (TPSA) is 46.9 Å². The van der Waals surface area contributed by atoms with Crippen LogP contribution in [0.25, 0.3) is 11.1 Å². The fraction of sp³-hybridized carbons (Fsp3) is 0.120. The standard InChI is InChI=1S/C25H22FN3O/c1-18-15-20(9-12-24(18)26)16-27-25(30)23-6-3-2-5-22(23)21-10-7-19(8-11-21)17-29-14-4-13-28-29/h2-15H,16-17H2,1H3,(H,27,30). The molecule has 3 aromatic carbocycles. The number of carbonyl (C=O) groups excluding carboxylic acids is 1. The first-order valence-corrected chi connectivity index (χ1v) is 9.79. The molecule has 5 heteroatoms. The summed E-state index contributed by atoms with van der Waals surface area (Å²) >= 11 is 0. The zero-order valence-corrected chi connectivity index (χ0v) is 16.7. The van der Waals surface area contributed by atoms with Gasteiger partial charge in [-0.25, -0.2) is 4.39 Å². The molecule has 4 aromatic rings. The van der Waals surface area contributed by atoms with Crippen LogP contribution < -0.4 is 5.32 Å². The summed E-state index contributed by atoms with van der Waals surface area (Å²) in [5.41, 5.74) is 5.02. The highest BCUT2D eigenvalue weighted by Gasteiger charge is 2.12. The van der Waals surface area contributed by atoms with E-state index >= 15 is 0 Å². The number of amides is 1. The number of halogens is 1. The number of rotatable bonds is 6. The third-order valence-corrected chi connectivity index (χ3v) is 5.02. The van der Waals surface area contributed by atoms with Crippen molar-refractivity contribution in [2.45, 2.75) is 20.0 Å². The Morgan fingerprint density at radius 1 is 1.00 bits per heavy atom. The van der Waals surface area contributed by atoms with E-state index in [4.69, 9.17) is 0 Å². The molecule has 0 radical (unpaired) electrons. The third kappa shape index (κ3) is 4.46. The number of hydrogen-bond acceptors (Lipinski definition) is 2. The number of nitrogens with zero attached hydrogens (tertiary/aromatic N) is 2. The molecule has 4 nitrogen and oxygen atoms in total. The predicted octanol–water partition coefficient (Wildman–Crippen LogP) is 4.98. The van der Waals surface area contributed by atoms with Crippen LogP contribution in [-0.4, -0.2) is 15.7 Å². The predicted molar refractivity (Wildman–Crippen MR) is 116 cm³/mol. The lowest BCUT2D eigenvalue weighted by atomic mass is 9.98. The Morgan fingerprint density at radius 3 is 2.50 bits per heavy atom. The van der Waals surface area contributed by atoms with E-state index in [-0.39, 0.29) is 11.7 Å². The summed E-state index contributed by atoms with van der Waals surface area (Å²) in [4.78, 5) is 12.8. The van der Waals surface area contributed by atoms with Gasteiger partial charge in [-0.05, 0) is 52.9 Å². The molecule has 0 aliphatic carbocycles. The van der Waals surface area contributed by atoms with Crippen molar-refractivity contribution in [2.24, 2.45) is 0 Å². The van der Waals surface area contributed by atoms with Crippen LogP contribution in [-0.2, 0) is 13.1 Å². The van der Waals surface area contributed by atoms with Crippen LogP contribution in [0.4, 0.5) is 4.39 Å². The second-order valence-corrected chi connectivity index (χ2v) is 7.21. The van der Waals surface area contributed by atoms with Crippen molar-refractivity contribution in [1.29, 1.82) is 0 Å². The van der Waals surface area contributed by atoms with E-state index in [0.717, 1.165) is 22.3 Å². The lowest BCUT2D eigenvalue weighted by Gasteiger charge is -2.12. The maximum absolute atomic E-state index is 13.4. The van der Waals surface area contributed by atoms with Gasteiger partial charge in [0.15, 0.2) is 0 Å². The fourth-order valence-corrected chi connectivity index (χ4v) is 3.40. The van der Waals surface area contributed by atoms with Crippen LogP contribution in [0.5, 0.6) is 0 Å². The zero-order chi connectivity index (χ0) is 20.9. The van der Waals surface area contributed by atoms with E-state index in [1.807, 2.05) is 65.5 Å². The van der Waals surface area contributed by atoms with Crippen molar-refractivity contribution in [3.05, 3.63) is 113 Å². The van der Waals surface area contributed by atoms with Gasteiger partial charge < -0.3 is 5.32 Å². The van der Waals surface area contributed by atoms with E-state index in [1.165, 1.54) is 6.07 Å². The number of nitrogens with one attached hydrogen (secondary N) is 1. The van der Waals surface area contributed by atoms with E-state index < -0.39 is 0 Å². The number of hydrogen-bond donors (Lipinski definition) is 1. The van der Waals surface area contributed by atoms with E-state index in [0.29, 0.717) is 24.2 Å². The van der Waals surface area contributed by atoms with Crippen LogP contribution >= 0.6 is 0 Å². The first-order valence-electron chi connectivity index (χ1n) is 9.79. The molecule has 1 heterocycles. The number of aryl methyl sites for hydroxylation is 1. The molecule has 150 valence electrons. The minimum Gasteiger partial charge on any atom is -0.348 e. The molecule has 30 heavy (non-hydrogen) atoms. The molecule has 0 bridgehead atoms. The average molecular weight is 399 g/mol. The van der Waals surface area contributed by atoms with Gasteiger partial charge in [0.05, 0.1) is 6.54 Å². The van der Waals surface area contributed by atoms with Gasteiger partial charge in [-0.2, -0.15) is 5.10 Å². The number of carbonyl (C=O) groups is 1. The van der Waals surface area contributed by atoms with Gasteiger partial charge in [0.2, 0.25) is 0 Å². The third-order valence-electron chi connectivity index (χ3n) is 5.02. The highest BCUT2D eigenvalue weighted by atomic mass is 19.1. The smallest absolute Gasteiger partial charge is 0.252 e. The van der Waals surface area contributed by atoms with Crippen LogP contribution in [0.3, 0.4) is 0 Å². The Morgan fingerprint density at radius 2 is 1.77 bits per heavy atom. The molecule has 0 saturated carbocycles. The van der Waals surface area contributed by atoms with Crippen molar-refractivity contribution >= 4 is 5.91 Å². The van der Waals surface area contributed by atoms with Crippen molar-refractivity contribution in [1.82, 2.24) is 15.1 Å².